The largest absolute Gasteiger partial charge is 0.309 e. The number of hydrogen-bond acceptors (Lipinski definition) is 1. The van der Waals surface area contributed by atoms with Crippen LogP contribution in [0.1, 0.15) is 0 Å². The van der Waals surface area contributed by atoms with Gasteiger partial charge in [0.1, 0.15) is 0 Å². The second kappa shape index (κ2) is 10.5. The van der Waals surface area contributed by atoms with E-state index in [1.54, 1.807) is 0 Å². The van der Waals surface area contributed by atoms with Crippen LogP contribution in [0.15, 0.2) is 176 Å². The van der Waals surface area contributed by atoms with Crippen LogP contribution in [0.5, 0.6) is 0 Å². The summed E-state index contributed by atoms with van der Waals surface area (Å²) in [6.45, 7) is 0. The van der Waals surface area contributed by atoms with Crippen LogP contribution in [0.2, 0.25) is 0 Å². The molecule has 0 fully saturated rings. The van der Waals surface area contributed by atoms with Crippen molar-refractivity contribution in [3.05, 3.63) is 176 Å². The Kier molecular flexibility index (Phi) is 5.87. The van der Waals surface area contributed by atoms with Crippen molar-refractivity contribution >= 4 is 54.5 Å². The monoisotopic (exact) mass is 611 g/mol. The Bertz CT molecular complexity index is 2810. The van der Waals surface area contributed by atoms with Gasteiger partial charge in [-0.25, -0.2) is 0 Å². The summed E-state index contributed by atoms with van der Waals surface area (Å²) in [5.41, 5.74) is 12.7. The van der Waals surface area contributed by atoms with Gasteiger partial charge >= 0.3 is 0 Å². The highest BCUT2D eigenvalue weighted by Crippen LogP contribution is 2.41. The van der Waals surface area contributed by atoms with Crippen molar-refractivity contribution in [1.82, 2.24) is 14.1 Å². The van der Waals surface area contributed by atoms with Gasteiger partial charge in [-0.3, -0.25) is 4.98 Å². The Balaban J connectivity index is 1.28. The molecule has 10 rings (SSSR count). The lowest BCUT2D eigenvalue weighted by Crippen LogP contribution is -1.97. The number of para-hydroxylation sites is 2. The average Bonchev–Trinajstić information content (AvgIpc) is 3.69. The molecule has 0 aliphatic rings. The van der Waals surface area contributed by atoms with Crippen LogP contribution in [0, 0.1) is 0 Å². The van der Waals surface area contributed by atoms with E-state index in [0.29, 0.717) is 0 Å². The normalized spacial score (nSPS) is 11.8. The van der Waals surface area contributed by atoms with Crippen molar-refractivity contribution in [3.8, 4) is 33.6 Å². The van der Waals surface area contributed by atoms with Crippen molar-refractivity contribution in [2.75, 3.05) is 0 Å². The van der Waals surface area contributed by atoms with E-state index in [2.05, 4.69) is 185 Å². The molecule has 0 atom stereocenters. The average molecular weight is 612 g/mol. The van der Waals surface area contributed by atoms with Crippen molar-refractivity contribution < 1.29 is 0 Å². The van der Waals surface area contributed by atoms with E-state index in [4.69, 9.17) is 4.98 Å². The lowest BCUT2D eigenvalue weighted by Gasteiger charge is -2.13. The number of hydrogen-bond donors (Lipinski definition) is 0. The van der Waals surface area contributed by atoms with E-state index < -0.39 is 0 Å². The first-order valence-electron chi connectivity index (χ1n) is 16.4. The fraction of sp³-hybridized carbons (Fsp3) is 0. The summed E-state index contributed by atoms with van der Waals surface area (Å²) in [6, 6.07) is 60.9. The quantitative estimate of drug-likeness (QED) is 0.194. The third kappa shape index (κ3) is 3.98. The summed E-state index contributed by atoms with van der Waals surface area (Å²) in [5.74, 6) is 0. The number of fused-ring (bicyclic) bond motifs is 9. The minimum Gasteiger partial charge on any atom is -0.309 e. The van der Waals surface area contributed by atoms with Gasteiger partial charge in [0.2, 0.25) is 0 Å². The maximum Gasteiger partial charge on any atom is 0.0970 e. The SMILES string of the molecule is c1ccc(-c2ccc(-n3c4ccccc4c4ccc5c(cnc6c7ccccc7n(-c7cccc(-c8ccccc8)c7)c56)c43)cc2)cc1. The van der Waals surface area contributed by atoms with Gasteiger partial charge < -0.3 is 9.13 Å². The van der Waals surface area contributed by atoms with Crippen LogP contribution in [-0.2, 0) is 0 Å². The lowest BCUT2D eigenvalue weighted by atomic mass is 10.0. The van der Waals surface area contributed by atoms with Crippen molar-refractivity contribution in [2.45, 2.75) is 0 Å². The molecule has 3 heteroatoms. The van der Waals surface area contributed by atoms with E-state index in [9.17, 15) is 0 Å². The first kappa shape index (κ1) is 26.7. The van der Waals surface area contributed by atoms with E-state index in [0.717, 1.165) is 38.7 Å². The summed E-state index contributed by atoms with van der Waals surface area (Å²) >= 11 is 0. The molecule has 10 aromatic rings. The molecule has 3 nitrogen and oxygen atoms in total. The molecule has 0 aliphatic heterocycles. The van der Waals surface area contributed by atoms with Crippen LogP contribution in [0.25, 0.3) is 88.1 Å². The smallest absolute Gasteiger partial charge is 0.0970 e. The highest BCUT2D eigenvalue weighted by molar-refractivity contribution is 6.24. The minimum absolute atomic E-state index is 1.01. The number of benzene rings is 7. The topological polar surface area (TPSA) is 22.8 Å². The molecule has 0 saturated heterocycles. The Hall–Kier alpha value is -6.45. The standard InChI is InChI=1S/C45H29N3/c1-3-12-30(13-4-1)32-22-24-34(25-23-32)47-41-20-9-7-18-36(41)37-26-27-38-40(44(37)47)29-46-43-39-19-8-10-21-42(39)48(45(38)43)35-17-11-16-33(28-35)31-14-5-2-6-15-31/h1-29H. The van der Waals surface area contributed by atoms with Gasteiger partial charge in [-0.05, 0) is 58.7 Å². The molecule has 7 aromatic carbocycles. The van der Waals surface area contributed by atoms with Crippen molar-refractivity contribution in [3.63, 3.8) is 0 Å². The van der Waals surface area contributed by atoms with E-state index >= 15 is 0 Å². The second-order valence-corrected chi connectivity index (χ2v) is 12.4. The number of rotatable bonds is 4. The molecule has 0 aliphatic carbocycles. The van der Waals surface area contributed by atoms with Gasteiger partial charge in [0.05, 0.1) is 27.6 Å². The summed E-state index contributed by atoms with van der Waals surface area (Å²) in [6.07, 6.45) is 2.09. The maximum atomic E-state index is 5.24. The summed E-state index contributed by atoms with van der Waals surface area (Å²) in [7, 11) is 0. The first-order chi connectivity index (χ1) is 23.8. The van der Waals surface area contributed by atoms with Crippen LogP contribution < -0.4 is 0 Å². The summed E-state index contributed by atoms with van der Waals surface area (Å²) < 4.78 is 4.82. The van der Waals surface area contributed by atoms with Crippen molar-refractivity contribution in [2.24, 2.45) is 0 Å². The Morgan fingerprint density at radius 3 is 1.60 bits per heavy atom. The van der Waals surface area contributed by atoms with Gasteiger partial charge in [-0.15, -0.1) is 0 Å². The van der Waals surface area contributed by atoms with E-state index in [1.807, 2.05) is 0 Å². The molecule has 0 unspecified atom stereocenters. The third-order valence-corrected chi connectivity index (χ3v) is 9.75. The predicted molar refractivity (Wildman–Crippen MR) is 201 cm³/mol. The van der Waals surface area contributed by atoms with Crippen LogP contribution in [-0.4, -0.2) is 14.1 Å². The first-order valence-corrected chi connectivity index (χ1v) is 16.4. The number of nitrogens with zero attached hydrogens (tertiary/aromatic N) is 3. The van der Waals surface area contributed by atoms with Crippen LogP contribution in [0.4, 0.5) is 0 Å². The lowest BCUT2D eigenvalue weighted by molar-refractivity contribution is 1.18. The molecular formula is C45H29N3. The summed E-state index contributed by atoms with van der Waals surface area (Å²) in [5, 5.41) is 5.92. The third-order valence-electron chi connectivity index (χ3n) is 9.75. The fourth-order valence-corrected chi connectivity index (χ4v) is 7.58. The number of aromatic nitrogens is 3. The Labute approximate surface area is 277 Å². The van der Waals surface area contributed by atoms with Crippen molar-refractivity contribution in [1.29, 1.82) is 0 Å². The molecule has 0 spiro atoms. The van der Waals surface area contributed by atoms with Crippen LogP contribution >= 0.6 is 0 Å². The van der Waals surface area contributed by atoms with Gasteiger partial charge in [-0.1, -0.05) is 133 Å². The molecule has 0 radical (unpaired) electrons. The summed E-state index contributed by atoms with van der Waals surface area (Å²) in [4.78, 5) is 5.24. The molecule has 0 saturated carbocycles. The number of pyridine rings is 1. The van der Waals surface area contributed by atoms with Gasteiger partial charge in [0.25, 0.3) is 0 Å². The van der Waals surface area contributed by atoms with E-state index in [1.165, 1.54) is 49.4 Å². The van der Waals surface area contributed by atoms with Gasteiger partial charge in [0.15, 0.2) is 0 Å². The Morgan fingerprint density at radius 2 is 0.875 bits per heavy atom. The zero-order valence-corrected chi connectivity index (χ0v) is 26.1. The van der Waals surface area contributed by atoms with Crippen LogP contribution in [0.3, 0.4) is 0 Å². The molecule has 0 bridgehead atoms. The molecule has 0 N–H and O–H groups in total. The van der Waals surface area contributed by atoms with Gasteiger partial charge in [-0.2, -0.15) is 0 Å². The zero-order chi connectivity index (χ0) is 31.6. The second-order valence-electron chi connectivity index (χ2n) is 12.4. The maximum absolute atomic E-state index is 5.24. The minimum atomic E-state index is 1.01. The molecule has 224 valence electrons. The predicted octanol–water partition coefficient (Wildman–Crippen LogP) is 11.8. The highest BCUT2D eigenvalue weighted by atomic mass is 15.0. The molecule has 3 aromatic heterocycles. The molecule has 0 amide bonds. The zero-order valence-electron chi connectivity index (χ0n) is 26.1. The van der Waals surface area contributed by atoms with Gasteiger partial charge in [0, 0.05) is 44.5 Å². The molecular weight excluding hydrogens is 583 g/mol. The Morgan fingerprint density at radius 1 is 0.333 bits per heavy atom. The fourth-order valence-electron chi connectivity index (χ4n) is 7.58. The molecule has 3 heterocycles. The van der Waals surface area contributed by atoms with E-state index in [-0.39, 0.29) is 0 Å². The molecule has 48 heavy (non-hydrogen) atoms. The highest BCUT2D eigenvalue weighted by Gasteiger charge is 2.20.